The highest BCUT2D eigenvalue weighted by Crippen LogP contribution is 2.56. The zero-order valence-electron chi connectivity index (χ0n) is 17.3. The van der Waals surface area contributed by atoms with E-state index in [1.165, 1.54) is 25.3 Å². The highest BCUT2D eigenvalue weighted by atomic mass is 16.7. The first-order chi connectivity index (χ1) is 14.5. The zero-order valence-corrected chi connectivity index (χ0v) is 17.3. The Morgan fingerprint density at radius 2 is 1.93 bits per heavy atom. The van der Waals surface area contributed by atoms with Gasteiger partial charge in [0.15, 0.2) is 5.78 Å². The highest BCUT2D eigenvalue weighted by molar-refractivity contribution is 5.97. The Labute approximate surface area is 176 Å². The quantitative estimate of drug-likeness (QED) is 0.766. The minimum Gasteiger partial charge on any atom is -0.507 e. The van der Waals surface area contributed by atoms with E-state index in [0.29, 0.717) is 23.6 Å². The third-order valence-electron chi connectivity index (χ3n) is 7.49. The Bertz CT molecular complexity index is 1000. The molecule has 5 heteroatoms. The van der Waals surface area contributed by atoms with Crippen LogP contribution in [0.1, 0.15) is 70.9 Å². The smallest absolute Gasteiger partial charge is 0.357 e. The fourth-order valence-electron chi connectivity index (χ4n) is 6.15. The number of ketones is 1. The van der Waals surface area contributed by atoms with Crippen LogP contribution in [0.4, 0.5) is 0 Å². The fourth-order valence-corrected chi connectivity index (χ4v) is 6.15. The van der Waals surface area contributed by atoms with Gasteiger partial charge in [-0.05, 0) is 73.9 Å². The molecule has 1 heterocycles. The molecule has 1 saturated carbocycles. The van der Waals surface area contributed by atoms with Crippen molar-refractivity contribution in [2.45, 2.75) is 56.9 Å². The number of rotatable bonds is 3. The predicted molar refractivity (Wildman–Crippen MR) is 112 cm³/mol. The maximum Gasteiger partial charge on any atom is 0.357 e. The van der Waals surface area contributed by atoms with Crippen LogP contribution in [0.5, 0.6) is 5.75 Å². The summed E-state index contributed by atoms with van der Waals surface area (Å²) in [4.78, 5) is 30.6. The van der Waals surface area contributed by atoms with Gasteiger partial charge in [-0.3, -0.25) is 4.79 Å². The number of aromatic hydroxyl groups is 1. The molecule has 156 valence electrons. The molecule has 3 atom stereocenters. The van der Waals surface area contributed by atoms with Crippen molar-refractivity contribution in [2.24, 2.45) is 5.92 Å². The molecule has 0 spiro atoms. The molecule has 30 heavy (non-hydrogen) atoms. The number of hydrogen-bond donors (Lipinski definition) is 1. The Morgan fingerprint density at radius 1 is 1.13 bits per heavy atom. The summed E-state index contributed by atoms with van der Waals surface area (Å²) in [6.07, 6.45) is 6.14. The highest BCUT2D eigenvalue weighted by Gasteiger charge is 2.55. The second kappa shape index (κ2) is 7.24. The SMILES string of the molecule is CC(=O)c1cc2c(cc1O)[C@]13CCCC[C@@H]1[C@H](C2)N(OC(=O)c1ccccc1)CC3. The molecule has 1 saturated heterocycles. The molecular formula is C25H27NO4. The Kier molecular flexibility index (Phi) is 4.66. The van der Waals surface area contributed by atoms with Gasteiger partial charge >= 0.3 is 5.97 Å². The summed E-state index contributed by atoms with van der Waals surface area (Å²) in [5.74, 6) is 0.0333. The van der Waals surface area contributed by atoms with Gasteiger partial charge in [-0.2, -0.15) is 0 Å². The van der Waals surface area contributed by atoms with Gasteiger partial charge in [0.1, 0.15) is 5.75 Å². The Hall–Kier alpha value is -2.66. The van der Waals surface area contributed by atoms with Gasteiger partial charge in [-0.25, -0.2) is 4.79 Å². The molecule has 1 N–H and O–H groups in total. The van der Waals surface area contributed by atoms with Crippen LogP contribution in [-0.2, 0) is 16.7 Å². The van der Waals surface area contributed by atoms with Gasteiger partial charge in [0.05, 0.1) is 17.2 Å². The number of nitrogens with zero attached hydrogens (tertiary/aromatic N) is 1. The lowest BCUT2D eigenvalue weighted by Crippen LogP contribution is -2.61. The first-order valence-corrected chi connectivity index (χ1v) is 10.9. The van der Waals surface area contributed by atoms with E-state index >= 15 is 0 Å². The van der Waals surface area contributed by atoms with Crippen molar-refractivity contribution >= 4 is 11.8 Å². The molecule has 5 rings (SSSR count). The first-order valence-electron chi connectivity index (χ1n) is 10.9. The van der Waals surface area contributed by atoms with Gasteiger partial charge in [0.2, 0.25) is 0 Å². The summed E-state index contributed by atoms with van der Waals surface area (Å²) >= 11 is 0. The Balaban J connectivity index is 1.52. The van der Waals surface area contributed by atoms with Crippen LogP contribution in [-0.4, -0.2) is 34.5 Å². The van der Waals surface area contributed by atoms with E-state index in [2.05, 4.69) is 0 Å². The van der Waals surface area contributed by atoms with Crippen LogP contribution >= 0.6 is 0 Å². The van der Waals surface area contributed by atoms with E-state index in [4.69, 9.17) is 4.84 Å². The third kappa shape index (κ3) is 2.95. The molecular weight excluding hydrogens is 378 g/mol. The third-order valence-corrected chi connectivity index (χ3v) is 7.49. The van der Waals surface area contributed by atoms with Crippen molar-refractivity contribution in [1.82, 2.24) is 5.06 Å². The summed E-state index contributed by atoms with van der Waals surface area (Å²) in [5.41, 5.74) is 3.25. The van der Waals surface area contributed by atoms with E-state index in [9.17, 15) is 14.7 Å². The van der Waals surface area contributed by atoms with E-state index in [0.717, 1.165) is 31.2 Å². The summed E-state index contributed by atoms with van der Waals surface area (Å²) in [5, 5.41) is 12.4. The molecule has 2 aromatic carbocycles. The largest absolute Gasteiger partial charge is 0.507 e. The minimum absolute atomic E-state index is 0.00104. The van der Waals surface area contributed by atoms with E-state index in [1.807, 2.05) is 35.4 Å². The lowest BCUT2D eigenvalue weighted by atomic mass is 9.52. The lowest BCUT2D eigenvalue weighted by Gasteiger charge is -2.58. The predicted octanol–water partition coefficient (Wildman–Crippen LogP) is 4.43. The standard InChI is InChI=1S/C25H27NO4/c1-16(27)19-13-18-14-22-20-9-5-6-10-25(20,21(18)15-23(19)28)11-12-26(22)30-24(29)17-7-3-2-4-8-17/h2-4,7-8,13,15,20,22,28H,5-6,9-12,14H2,1H3/t20-,22+,25+/m1/s1. The molecule has 1 aliphatic heterocycles. The summed E-state index contributed by atoms with van der Waals surface area (Å²) in [6, 6.07) is 12.9. The molecule has 2 aliphatic carbocycles. The average molecular weight is 405 g/mol. The van der Waals surface area contributed by atoms with Crippen molar-refractivity contribution in [3.05, 3.63) is 64.7 Å². The number of carbonyl (C=O) groups is 2. The second-order valence-electron chi connectivity index (χ2n) is 9.00. The van der Waals surface area contributed by atoms with Gasteiger partial charge in [0.25, 0.3) is 0 Å². The first kappa shape index (κ1) is 19.3. The number of benzene rings is 2. The van der Waals surface area contributed by atoms with Gasteiger partial charge in [-0.15, -0.1) is 5.06 Å². The molecule has 0 amide bonds. The van der Waals surface area contributed by atoms with E-state index in [-0.39, 0.29) is 29.0 Å². The molecule has 5 nitrogen and oxygen atoms in total. The number of Topliss-reactive ketones (excluding diaryl/α,β-unsaturated/α-hetero) is 1. The number of fused-ring (bicyclic) bond motifs is 1. The fraction of sp³-hybridized carbons (Fsp3) is 0.440. The van der Waals surface area contributed by atoms with Crippen LogP contribution in [0.3, 0.4) is 0 Å². The van der Waals surface area contributed by atoms with Crippen LogP contribution in [0.15, 0.2) is 42.5 Å². The number of carbonyl (C=O) groups excluding carboxylic acids is 2. The zero-order chi connectivity index (χ0) is 20.9. The summed E-state index contributed by atoms with van der Waals surface area (Å²) in [6.45, 7) is 2.18. The number of piperidine rings is 1. The normalized spacial score (nSPS) is 27.6. The van der Waals surface area contributed by atoms with Crippen molar-refractivity contribution in [2.75, 3.05) is 6.54 Å². The van der Waals surface area contributed by atoms with Crippen molar-refractivity contribution in [1.29, 1.82) is 0 Å². The molecule has 2 bridgehead atoms. The lowest BCUT2D eigenvalue weighted by molar-refractivity contribution is -0.190. The van der Waals surface area contributed by atoms with Crippen molar-refractivity contribution in [3.8, 4) is 5.75 Å². The van der Waals surface area contributed by atoms with Crippen LogP contribution in [0, 0.1) is 5.92 Å². The van der Waals surface area contributed by atoms with Crippen LogP contribution < -0.4 is 0 Å². The van der Waals surface area contributed by atoms with Gasteiger partial charge < -0.3 is 9.94 Å². The van der Waals surface area contributed by atoms with Crippen LogP contribution in [0.25, 0.3) is 0 Å². The molecule has 3 aliphatic rings. The molecule has 2 fully saturated rings. The molecule has 0 aromatic heterocycles. The van der Waals surface area contributed by atoms with Gasteiger partial charge in [-0.1, -0.05) is 31.0 Å². The number of hydroxylamine groups is 2. The maximum atomic E-state index is 12.7. The topological polar surface area (TPSA) is 66.8 Å². The summed E-state index contributed by atoms with van der Waals surface area (Å²) < 4.78 is 0. The Morgan fingerprint density at radius 3 is 2.70 bits per heavy atom. The minimum atomic E-state index is -0.320. The summed E-state index contributed by atoms with van der Waals surface area (Å²) in [7, 11) is 0. The van der Waals surface area contributed by atoms with Crippen molar-refractivity contribution in [3.63, 3.8) is 0 Å². The second-order valence-corrected chi connectivity index (χ2v) is 9.00. The number of phenols is 1. The van der Waals surface area contributed by atoms with E-state index < -0.39 is 0 Å². The molecule has 2 aromatic rings. The van der Waals surface area contributed by atoms with E-state index in [1.54, 1.807) is 12.1 Å². The van der Waals surface area contributed by atoms with Crippen LogP contribution in [0.2, 0.25) is 0 Å². The number of phenolic OH excluding ortho intramolecular Hbond substituents is 1. The monoisotopic (exact) mass is 405 g/mol. The molecule has 0 radical (unpaired) electrons. The molecule has 0 unspecified atom stereocenters. The number of hydrogen-bond acceptors (Lipinski definition) is 5. The van der Waals surface area contributed by atoms with Gasteiger partial charge in [0, 0.05) is 12.0 Å². The van der Waals surface area contributed by atoms with Crippen molar-refractivity contribution < 1.29 is 19.5 Å². The average Bonchev–Trinajstić information content (AvgIpc) is 2.76. The maximum absolute atomic E-state index is 12.7.